The average molecular weight is 554 g/mol. The summed E-state index contributed by atoms with van der Waals surface area (Å²) in [6.45, 7) is 11.0. The van der Waals surface area contributed by atoms with Crippen molar-refractivity contribution in [2.45, 2.75) is 34.2 Å². The van der Waals surface area contributed by atoms with Crippen LogP contribution in [0.4, 0.5) is 0 Å². The minimum atomic E-state index is -2.35. The molecule has 2 heteroatoms. The van der Waals surface area contributed by atoms with Gasteiger partial charge in [-0.15, -0.1) is 0 Å². The molecule has 0 bridgehead atoms. The van der Waals surface area contributed by atoms with Crippen molar-refractivity contribution in [3.8, 4) is 0 Å². The summed E-state index contributed by atoms with van der Waals surface area (Å²) >= 11 is -2.35. The molecule has 0 N–H and O–H groups in total. The van der Waals surface area contributed by atoms with Crippen LogP contribution in [0.5, 0.6) is 0 Å². The zero-order valence-electron chi connectivity index (χ0n) is 17.2. The van der Waals surface area contributed by atoms with Crippen LogP contribution in [0.15, 0.2) is 66.7 Å². The van der Waals surface area contributed by atoms with Crippen LogP contribution in [0.2, 0.25) is 0 Å². The number of hydrogen-bond acceptors (Lipinski definition) is 1. The second-order valence-electron chi connectivity index (χ2n) is 7.48. The fourth-order valence-corrected chi connectivity index (χ4v) is 13.7. The van der Waals surface area contributed by atoms with Crippen molar-refractivity contribution in [2.75, 3.05) is 13.6 Å². The van der Waals surface area contributed by atoms with E-state index in [4.69, 9.17) is 0 Å². The maximum absolute atomic E-state index is 2.43. The number of rotatable bonds is 6. The second-order valence-corrected chi connectivity index (χ2v) is 16.0. The fraction of sp³-hybridized carbons (Fsp3) is 0.280. The Balaban J connectivity index is 2.19. The van der Waals surface area contributed by atoms with Gasteiger partial charge in [0.05, 0.1) is 0 Å². The zero-order valence-corrected chi connectivity index (χ0v) is 20.6. The summed E-state index contributed by atoms with van der Waals surface area (Å²) < 4.78 is 4.76. The number of benzene rings is 3. The van der Waals surface area contributed by atoms with Crippen LogP contribution < -0.4 is 9.81 Å². The molecule has 0 aliphatic rings. The van der Waals surface area contributed by atoms with Gasteiger partial charge in [0.2, 0.25) is 0 Å². The third kappa shape index (κ3) is 5.06. The number of aryl methyl sites for hydroxylation is 3. The molecule has 0 radical (unpaired) electrons. The Morgan fingerprint density at radius 3 is 1.81 bits per heavy atom. The van der Waals surface area contributed by atoms with Crippen LogP contribution in [0.1, 0.15) is 29.2 Å². The van der Waals surface area contributed by atoms with Crippen LogP contribution in [0.3, 0.4) is 0 Å². The molecule has 1 nitrogen and oxygen atoms in total. The molecule has 0 saturated heterocycles. The minimum absolute atomic E-state index is 1.02. The van der Waals surface area contributed by atoms with Crippen molar-refractivity contribution in [1.82, 2.24) is 4.90 Å². The standard InChI is InChI=1S/C11H16N.2C7H7.Bi/c1-4-12(3)9-11-7-5-6-10(2)8-11;2*1-7-5-3-2-4-6-7;/h5-6,8H,4,9H2,1-3H3;2*2-3,5-6H,1H3;. The van der Waals surface area contributed by atoms with Crippen LogP contribution >= 0.6 is 0 Å². The van der Waals surface area contributed by atoms with E-state index in [1.54, 1.807) is 9.81 Å². The van der Waals surface area contributed by atoms with Crippen molar-refractivity contribution >= 4 is 31.6 Å². The van der Waals surface area contributed by atoms with E-state index in [-0.39, 0.29) is 0 Å². The molecule has 27 heavy (non-hydrogen) atoms. The summed E-state index contributed by atoms with van der Waals surface area (Å²) in [5.41, 5.74) is 5.59. The Morgan fingerprint density at radius 1 is 0.741 bits per heavy atom. The molecule has 0 amide bonds. The van der Waals surface area contributed by atoms with Gasteiger partial charge in [0, 0.05) is 0 Å². The fourth-order valence-electron chi connectivity index (χ4n) is 3.42. The van der Waals surface area contributed by atoms with Crippen LogP contribution in [-0.2, 0) is 6.54 Å². The van der Waals surface area contributed by atoms with Crippen molar-refractivity contribution < 1.29 is 0 Å². The molecule has 140 valence electrons. The first-order valence-electron chi connectivity index (χ1n) is 9.69. The van der Waals surface area contributed by atoms with Crippen LogP contribution in [-0.4, -0.2) is 40.2 Å². The van der Waals surface area contributed by atoms with Gasteiger partial charge in [0.15, 0.2) is 0 Å². The van der Waals surface area contributed by atoms with Gasteiger partial charge < -0.3 is 0 Å². The molecule has 0 aromatic heterocycles. The Morgan fingerprint density at radius 2 is 1.30 bits per heavy atom. The molecule has 0 fully saturated rings. The molecule has 0 saturated carbocycles. The number of hydrogen-bond donors (Lipinski definition) is 0. The Hall–Kier alpha value is -1.50. The summed E-state index contributed by atoms with van der Waals surface area (Å²) in [6, 6.07) is 25.6. The summed E-state index contributed by atoms with van der Waals surface area (Å²) in [5.74, 6) is 0. The third-order valence-corrected chi connectivity index (χ3v) is 14.7. The Labute approximate surface area is 172 Å². The second kappa shape index (κ2) is 9.13. The van der Waals surface area contributed by atoms with Gasteiger partial charge in [-0.1, -0.05) is 0 Å². The molecule has 3 rings (SSSR count). The summed E-state index contributed by atoms with van der Waals surface area (Å²) in [7, 11) is 2.22. The topological polar surface area (TPSA) is 3.24 Å². The molecule has 0 aliphatic carbocycles. The monoisotopic (exact) mass is 553 g/mol. The van der Waals surface area contributed by atoms with Crippen LogP contribution in [0, 0.1) is 20.8 Å². The zero-order chi connectivity index (χ0) is 19.4. The van der Waals surface area contributed by atoms with E-state index in [0.29, 0.717) is 0 Å². The van der Waals surface area contributed by atoms with E-state index in [1.807, 2.05) is 0 Å². The first-order chi connectivity index (χ1) is 13.0. The first-order valence-corrected chi connectivity index (χ1v) is 14.9. The normalized spacial score (nSPS) is 11.4. The van der Waals surface area contributed by atoms with Crippen molar-refractivity contribution in [3.05, 3.63) is 89.0 Å². The molecule has 0 heterocycles. The third-order valence-electron chi connectivity index (χ3n) is 4.98. The van der Waals surface area contributed by atoms with Gasteiger partial charge in [-0.2, -0.15) is 0 Å². The first kappa shape index (κ1) is 20.2. The van der Waals surface area contributed by atoms with E-state index in [1.165, 1.54) is 22.3 Å². The van der Waals surface area contributed by atoms with Gasteiger partial charge in [-0.3, -0.25) is 0 Å². The predicted octanol–water partition coefficient (Wildman–Crippen LogP) is 3.58. The van der Waals surface area contributed by atoms with Crippen molar-refractivity contribution in [2.24, 2.45) is 0 Å². The summed E-state index contributed by atoms with van der Waals surface area (Å²) in [5, 5.41) is 0. The molecule has 3 aromatic carbocycles. The average Bonchev–Trinajstić information content (AvgIpc) is 2.64. The molecule has 0 spiro atoms. The molecule has 0 atom stereocenters. The van der Waals surface area contributed by atoms with E-state index >= 15 is 0 Å². The maximum atomic E-state index is 2.43. The molecular formula is C25H30BiN. The molecule has 0 aliphatic heterocycles. The van der Waals surface area contributed by atoms with Gasteiger partial charge in [-0.05, 0) is 0 Å². The quantitative estimate of drug-likeness (QED) is 0.422. The van der Waals surface area contributed by atoms with Gasteiger partial charge in [-0.25, -0.2) is 0 Å². The molecule has 3 aromatic rings. The predicted molar refractivity (Wildman–Crippen MR) is 120 cm³/mol. The summed E-state index contributed by atoms with van der Waals surface area (Å²) in [6.07, 6.45) is 0. The van der Waals surface area contributed by atoms with Crippen LogP contribution in [0.25, 0.3) is 0 Å². The Bertz CT molecular complexity index is 870. The van der Waals surface area contributed by atoms with E-state index < -0.39 is 21.8 Å². The number of nitrogens with zero attached hydrogens (tertiary/aromatic N) is 1. The van der Waals surface area contributed by atoms with Gasteiger partial charge in [0.25, 0.3) is 0 Å². The molecule has 0 unspecified atom stereocenters. The van der Waals surface area contributed by atoms with E-state index in [2.05, 4.69) is 106 Å². The van der Waals surface area contributed by atoms with Crippen molar-refractivity contribution in [3.63, 3.8) is 0 Å². The van der Waals surface area contributed by atoms with Gasteiger partial charge in [0.1, 0.15) is 0 Å². The SMILES string of the molecule is CCN(C)Cc1cc(C)cc[c]1[Bi]([c]1cccc(C)c1)[c]1cccc(C)c1. The van der Waals surface area contributed by atoms with Gasteiger partial charge >= 0.3 is 173 Å². The van der Waals surface area contributed by atoms with E-state index in [0.717, 1.165) is 13.1 Å². The molecular weight excluding hydrogens is 523 g/mol. The van der Waals surface area contributed by atoms with E-state index in [9.17, 15) is 0 Å². The van der Waals surface area contributed by atoms with Crippen molar-refractivity contribution in [1.29, 1.82) is 0 Å². The Kier molecular flexibility index (Phi) is 6.85. The summed E-state index contributed by atoms with van der Waals surface area (Å²) in [4.78, 5) is 2.41.